The Labute approximate surface area is 188 Å². The molecule has 0 aliphatic rings. The van der Waals surface area contributed by atoms with E-state index in [2.05, 4.69) is 5.32 Å². The van der Waals surface area contributed by atoms with Crippen molar-refractivity contribution in [3.63, 3.8) is 0 Å². The van der Waals surface area contributed by atoms with Crippen molar-refractivity contribution in [2.45, 2.75) is 19.0 Å². The molecule has 2 heterocycles. The molecule has 0 aliphatic heterocycles. The second-order valence-corrected chi connectivity index (χ2v) is 7.92. The Hall–Kier alpha value is -3.77. The highest BCUT2D eigenvalue weighted by molar-refractivity contribution is 6.31. The molecule has 0 radical (unpaired) electrons. The third-order valence-corrected chi connectivity index (χ3v) is 5.60. The molecule has 6 nitrogen and oxygen atoms in total. The summed E-state index contributed by atoms with van der Waals surface area (Å²) in [5, 5.41) is 4.49. The maximum absolute atomic E-state index is 12.9. The van der Waals surface area contributed by atoms with E-state index in [4.69, 9.17) is 20.4 Å². The van der Waals surface area contributed by atoms with Gasteiger partial charge >= 0.3 is 5.76 Å². The number of halogens is 1. The second kappa shape index (κ2) is 8.40. The summed E-state index contributed by atoms with van der Waals surface area (Å²) in [5.74, 6) is -0.0900. The Bertz CT molecular complexity index is 1430. The summed E-state index contributed by atoms with van der Waals surface area (Å²) in [6.07, 6.45) is 0.0979. The van der Waals surface area contributed by atoms with Crippen LogP contribution in [0.15, 0.2) is 92.5 Å². The molecular formula is C25H19ClN2O4. The average Bonchev–Trinajstić information content (AvgIpc) is 3.36. The lowest BCUT2D eigenvalue weighted by Crippen LogP contribution is -2.30. The van der Waals surface area contributed by atoms with Gasteiger partial charge < -0.3 is 14.2 Å². The predicted molar refractivity (Wildman–Crippen MR) is 123 cm³/mol. The van der Waals surface area contributed by atoms with Gasteiger partial charge in [0.25, 0.3) is 0 Å². The van der Waals surface area contributed by atoms with E-state index in [0.717, 1.165) is 16.5 Å². The van der Waals surface area contributed by atoms with Crippen LogP contribution in [0, 0.1) is 0 Å². The molecule has 5 aromatic rings. The van der Waals surface area contributed by atoms with Gasteiger partial charge in [-0.15, -0.1) is 0 Å². The van der Waals surface area contributed by atoms with E-state index in [9.17, 15) is 9.59 Å². The van der Waals surface area contributed by atoms with Crippen molar-refractivity contribution < 1.29 is 13.6 Å². The highest BCUT2D eigenvalue weighted by Crippen LogP contribution is 2.28. The SMILES string of the molecule is O=C(CCn1c(=O)oc2cc(Cl)ccc21)NC(c1ccccc1)c1cc2ccccc2o1. The van der Waals surface area contributed by atoms with Crippen LogP contribution in [0.4, 0.5) is 0 Å². The van der Waals surface area contributed by atoms with Gasteiger partial charge in [0, 0.05) is 29.4 Å². The fraction of sp³-hybridized carbons (Fsp3) is 0.120. The van der Waals surface area contributed by atoms with E-state index in [1.807, 2.05) is 60.7 Å². The normalized spacial score (nSPS) is 12.3. The van der Waals surface area contributed by atoms with Crippen LogP contribution >= 0.6 is 11.6 Å². The lowest BCUT2D eigenvalue weighted by atomic mass is 10.0. The summed E-state index contributed by atoms with van der Waals surface area (Å²) < 4.78 is 12.7. The minimum absolute atomic E-state index is 0.0979. The quantitative estimate of drug-likeness (QED) is 0.384. The molecule has 0 saturated heterocycles. The van der Waals surface area contributed by atoms with Gasteiger partial charge in [0.2, 0.25) is 5.91 Å². The number of aryl methyl sites for hydroxylation is 1. The van der Waals surface area contributed by atoms with E-state index in [1.165, 1.54) is 4.57 Å². The van der Waals surface area contributed by atoms with Crippen molar-refractivity contribution >= 4 is 39.6 Å². The standard InChI is InChI=1S/C25H19ClN2O4/c26-18-10-11-19-21(15-18)32-25(30)28(19)13-12-23(29)27-24(16-6-2-1-3-7-16)22-14-17-8-4-5-9-20(17)31-22/h1-11,14-15,24H,12-13H2,(H,27,29). The topological polar surface area (TPSA) is 77.4 Å². The number of carbonyl (C=O) groups is 1. The number of para-hydroxylation sites is 1. The van der Waals surface area contributed by atoms with Crippen molar-refractivity contribution in [1.29, 1.82) is 0 Å². The number of oxazole rings is 1. The van der Waals surface area contributed by atoms with E-state index >= 15 is 0 Å². The van der Waals surface area contributed by atoms with Crippen LogP contribution in [0.1, 0.15) is 23.8 Å². The molecule has 0 aliphatic carbocycles. The maximum atomic E-state index is 12.9. The van der Waals surface area contributed by atoms with E-state index in [0.29, 0.717) is 21.9 Å². The molecule has 1 unspecified atom stereocenters. The fourth-order valence-electron chi connectivity index (χ4n) is 3.81. The van der Waals surface area contributed by atoms with Crippen molar-refractivity contribution in [3.05, 3.63) is 106 Å². The Kier molecular flexibility index (Phi) is 5.29. The first kappa shape index (κ1) is 20.2. The van der Waals surface area contributed by atoms with Gasteiger partial charge in [-0.3, -0.25) is 9.36 Å². The fourth-order valence-corrected chi connectivity index (χ4v) is 3.97. The van der Waals surface area contributed by atoms with Gasteiger partial charge in [-0.2, -0.15) is 0 Å². The molecule has 0 fully saturated rings. The van der Waals surface area contributed by atoms with E-state index in [1.54, 1.807) is 18.2 Å². The number of carbonyl (C=O) groups excluding carboxylic acids is 1. The molecule has 1 amide bonds. The van der Waals surface area contributed by atoms with Gasteiger partial charge in [-0.05, 0) is 29.8 Å². The van der Waals surface area contributed by atoms with Crippen LogP contribution in [0.2, 0.25) is 5.02 Å². The van der Waals surface area contributed by atoms with Crippen LogP contribution in [0.5, 0.6) is 0 Å². The molecule has 1 N–H and O–H groups in total. The van der Waals surface area contributed by atoms with Gasteiger partial charge in [0.1, 0.15) is 17.4 Å². The number of furan rings is 1. The van der Waals surface area contributed by atoms with Gasteiger partial charge in [0.15, 0.2) is 5.58 Å². The van der Waals surface area contributed by atoms with Crippen LogP contribution in [0.25, 0.3) is 22.1 Å². The Balaban J connectivity index is 1.39. The number of fused-ring (bicyclic) bond motifs is 2. The van der Waals surface area contributed by atoms with E-state index in [-0.39, 0.29) is 18.9 Å². The van der Waals surface area contributed by atoms with Gasteiger partial charge in [-0.25, -0.2) is 4.79 Å². The first-order valence-corrected chi connectivity index (χ1v) is 10.6. The zero-order valence-electron chi connectivity index (χ0n) is 17.0. The number of hydrogen-bond donors (Lipinski definition) is 1. The Morgan fingerprint density at radius 1 is 0.938 bits per heavy atom. The molecule has 0 saturated carbocycles. The van der Waals surface area contributed by atoms with Crippen molar-refractivity contribution in [2.75, 3.05) is 0 Å². The zero-order chi connectivity index (χ0) is 22.1. The first-order chi connectivity index (χ1) is 15.6. The summed E-state index contributed by atoms with van der Waals surface area (Å²) in [4.78, 5) is 25.1. The lowest BCUT2D eigenvalue weighted by Gasteiger charge is -2.17. The van der Waals surface area contributed by atoms with Gasteiger partial charge in [0.05, 0.1) is 5.52 Å². The first-order valence-electron chi connectivity index (χ1n) is 10.2. The average molecular weight is 447 g/mol. The minimum Gasteiger partial charge on any atom is -0.459 e. The number of rotatable bonds is 6. The lowest BCUT2D eigenvalue weighted by molar-refractivity contribution is -0.121. The number of benzene rings is 3. The largest absolute Gasteiger partial charge is 0.459 e. The molecule has 7 heteroatoms. The van der Waals surface area contributed by atoms with E-state index < -0.39 is 11.8 Å². The molecule has 0 spiro atoms. The predicted octanol–water partition coefficient (Wildman–Crippen LogP) is 5.29. The smallest absolute Gasteiger partial charge is 0.419 e. The summed E-state index contributed by atoms with van der Waals surface area (Å²) in [6, 6.07) is 23.8. The van der Waals surface area contributed by atoms with Crippen molar-refractivity contribution in [1.82, 2.24) is 9.88 Å². The number of hydrogen-bond acceptors (Lipinski definition) is 4. The Morgan fingerprint density at radius 2 is 1.72 bits per heavy atom. The van der Waals surface area contributed by atoms with Crippen LogP contribution < -0.4 is 11.1 Å². The molecular weight excluding hydrogens is 428 g/mol. The highest BCUT2D eigenvalue weighted by atomic mass is 35.5. The van der Waals surface area contributed by atoms with Crippen molar-refractivity contribution in [2.24, 2.45) is 0 Å². The number of nitrogens with zero attached hydrogens (tertiary/aromatic N) is 1. The third-order valence-electron chi connectivity index (χ3n) is 5.36. The second-order valence-electron chi connectivity index (χ2n) is 7.48. The summed E-state index contributed by atoms with van der Waals surface area (Å²) in [7, 11) is 0. The molecule has 3 aromatic carbocycles. The number of aromatic nitrogens is 1. The molecule has 160 valence electrons. The number of amides is 1. The summed E-state index contributed by atoms with van der Waals surface area (Å²) in [5.41, 5.74) is 2.66. The highest BCUT2D eigenvalue weighted by Gasteiger charge is 2.21. The summed E-state index contributed by atoms with van der Waals surface area (Å²) >= 11 is 5.97. The third kappa shape index (κ3) is 3.92. The molecule has 0 bridgehead atoms. The molecule has 1 atom stereocenters. The van der Waals surface area contributed by atoms with Crippen LogP contribution in [-0.2, 0) is 11.3 Å². The molecule has 2 aromatic heterocycles. The van der Waals surface area contributed by atoms with Crippen LogP contribution in [-0.4, -0.2) is 10.5 Å². The minimum atomic E-state index is -0.521. The monoisotopic (exact) mass is 446 g/mol. The van der Waals surface area contributed by atoms with Crippen LogP contribution in [0.3, 0.4) is 0 Å². The number of nitrogens with one attached hydrogen (secondary N) is 1. The summed E-state index contributed by atoms with van der Waals surface area (Å²) in [6.45, 7) is 0.181. The molecule has 5 rings (SSSR count). The zero-order valence-corrected chi connectivity index (χ0v) is 17.7. The Morgan fingerprint density at radius 3 is 2.53 bits per heavy atom. The van der Waals surface area contributed by atoms with Gasteiger partial charge in [-0.1, -0.05) is 60.1 Å². The maximum Gasteiger partial charge on any atom is 0.419 e. The molecule has 32 heavy (non-hydrogen) atoms. The van der Waals surface area contributed by atoms with Crippen molar-refractivity contribution in [3.8, 4) is 0 Å².